The summed E-state index contributed by atoms with van der Waals surface area (Å²) < 4.78 is 50.4. The Morgan fingerprint density at radius 3 is 2.37 bits per heavy atom. The van der Waals surface area contributed by atoms with Crippen molar-refractivity contribution in [3.05, 3.63) is 52.5 Å². The number of benzene rings is 1. The summed E-state index contributed by atoms with van der Waals surface area (Å²) in [5.41, 5.74) is 0.873. The summed E-state index contributed by atoms with van der Waals surface area (Å²) in [6, 6.07) is 5.97. The second kappa shape index (κ2) is 7.98. The van der Waals surface area contributed by atoms with E-state index in [9.17, 15) is 22.0 Å². The largest absolute Gasteiger partial charge is 0.294 e. The van der Waals surface area contributed by atoms with Crippen molar-refractivity contribution in [1.82, 2.24) is 4.98 Å². The highest BCUT2D eigenvalue weighted by atomic mass is 32.2. The van der Waals surface area contributed by atoms with Crippen molar-refractivity contribution in [2.75, 3.05) is 6.26 Å². The lowest BCUT2D eigenvalue weighted by Crippen LogP contribution is -2.08. The van der Waals surface area contributed by atoms with Crippen LogP contribution in [0.25, 0.3) is 5.57 Å². The molecule has 1 fully saturated rings. The van der Waals surface area contributed by atoms with Gasteiger partial charge in [0.2, 0.25) is 0 Å². The lowest BCUT2D eigenvalue weighted by molar-refractivity contribution is -0.113. The maximum atomic E-state index is 13.5. The molecule has 27 heavy (non-hydrogen) atoms. The lowest BCUT2D eigenvalue weighted by atomic mass is 9.94. The van der Waals surface area contributed by atoms with E-state index < -0.39 is 22.2 Å². The average molecular weight is 411 g/mol. The van der Waals surface area contributed by atoms with Gasteiger partial charge in [-0.15, -0.1) is 11.3 Å². The molecular formula is C19H19F2NO3S2. The third-order valence-corrected chi connectivity index (χ3v) is 6.45. The third-order valence-electron chi connectivity index (χ3n) is 4.54. The van der Waals surface area contributed by atoms with E-state index in [1.165, 1.54) is 23.5 Å². The number of sulfone groups is 1. The number of alkyl halides is 2. The summed E-state index contributed by atoms with van der Waals surface area (Å²) in [6.07, 6.45) is 1.46. The molecule has 1 aromatic heterocycles. The predicted molar refractivity (Wildman–Crippen MR) is 101 cm³/mol. The van der Waals surface area contributed by atoms with Crippen LogP contribution in [0, 0.1) is 5.92 Å². The molecule has 1 aromatic carbocycles. The van der Waals surface area contributed by atoms with Crippen molar-refractivity contribution in [3.8, 4) is 0 Å². The Balaban J connectivity index is 1.93. The van der Waals surface area contributed by atoms with E-state index in [0.29, 0.717) is 16.1 Å². The molecule has 1 saturated carbocycles. The van der Waals surface area contributed by atoms with E-state index in [-0.39, 0.29) is 35.9 Å². The second-order valence-corrected chi connectivity index (χ2v) is 9.66. The van der Waals surface area contributed by atoms with Crippen LogP contribution in [-0.4, -0.2) is 37.8 Å². The molecule has 0 N–H and O–H groups in total. The molecule has 3 rings (SSSR count). The highest BCUT2D eigenvalue weighted by Gasteiger charge is 2.34. The normalized spacial score (nSPS) is 23.5. The summed E-state index contributed by atoms with van der Waals surface area (Å²) >= 11 is 1.35. The number of rotatable bonds is 6. The van der Waals surface area contributed by atoms with Crippen LogP contribution in [0.5, 0.6) is 0 Å². The maximum absolute atomic E-state index is 13.5. The Morgan fingerprint density at radius 2 is 1.85 bits per heavy atom. The molecule has 0 amide bonds. The zero-order valence-electron chi connectivity index (χ0n) is 14.6. The van der Waals surface area contributed by atoms with Gasteiger partial charge in [0.1, 0.15) is 17.4 Å². The zero-order valence-corrected chi connectivity index (χ0v) is 16.3. The van der Waals surface area contributed by atoms with E-state index in [1.54, 1.807) is 29.8 Å². The van der Waals surface area contributed by atoms with Gasteiger partial charge in [-0.1, -0.05) is 18.2 Å². The van der Waals surface area contributed by atoms with Crippen molar-refractivity contribution in [2.24, 2.45) is 5.92 Å². The van der Waals surface area contributed by atoms with Gasteiger partial charge in [-0.2, -0.15) is 0 Å². The van der Waals surface area contributed by atoms with Crippen molar-refractivity contribution in [3.63, 3.8) is 0 Å². The van der Waals surface area contributed by atoms with Gasteiger partial charge in [-0.3, -0.25) is 4.79 Å². The topological polar surface area (TPSA) is 64.1 Å². The molecular weight excluding hydrogens is 392 g/mol. The summed E-state index contributed by atoms with van der Waals surface area (Å²) in [7, 11) is -3.36. The molecule has 8 heteroatoms. The van der Waals surface area contributed by atoms with Crippen LogP contribution in [0.1, 0.15) is 23.4 Å². The molecule has 1 aliphatic rings. The van der Waals surface area contributed by atoms with Gasteiger partial charge in [0.25, 0.3) is 0 Å². The number of carbonyl (C=O) groups excluding carboxylic acids is 1. The van der Waals surface area contributed by atoms with E-state index >= 15 is 0 Å². The number of halogens is 2. The highest BCUT2D eigenvalue weighted by molar-refractivity contribution is 7.90. The van der Waals surface area contributed by atoms with Gasteiger partial charge in [-0.05, 0) is 36.5 Å². The monoisotopic (exact) mass is 411 g/mol. The number of Topliss-reactive ketones (excluding diaryl/α,β-unsaturated/α-hetero) is 1. The Bertz CT molecular complexity index is 928. The van der Waals surface area contributed by atoms with Crippen molar-refractivity contribution in [2.45, 2.75) is 36.5 Å². The van der Waals surface area contributed by atoms with Crippen LogP contribution in [0.2, 0.25) is 0 Å². The minimum atomic E-state index is -3.36. The van der Waals surface area contributed by atoms with E-state index in [4.69, 9.17) is 0 Å². The molecule has 2 aromatic rings. The molecule has 0 spiro atoms. The van der Waals surface area contributed by atoms with E-state index in [1.807, 2.05) is 0 Å². The Kier molecular flexibility index (Phi) is 5.86. The molecule has 1 unspecified atom stereocenters. The van der Waals surface area contributed by atoms with Crippen molar-refractivity contribution >= 4 is 32.5 Å². The number of hydrogen-bond acceptors (Lipinski definition) is 5. The summed E-state index contributed by atoms with van der Waals surface area (Å²) in [5.74, 6) is -0.588. The van der Waals surface area contributed by atoms with Gasteiger partial charge in [0.05, 0.1) is 11.3 Å². The Labute approximate surface area is 160 Å². The maximum Gasteiger partial charge on any atom is 0.175 e. The lowest BCUT2D eigenvalue weighted by Gasteiger charge is -2.11. The molecule has 4 nitrogen and oxygen atoms in total. The van der Waals surface area contributed by atoms with Crippen LogP contribution in [-0.2, 0) is 21.1 Å². The van der Waals surface area contributed by atoms with Crippen LogP contribution in [0.3, 0.4) is 0 Å². The van der Waals surface area contributed by atoms with Gasteiger partial charge in [0.15, 0.2) is 15.6 Å². The summed E-state index contributed by atoms with van der Waals surface area (Å²) in [4.78, 5) is 17.1. The highest BCUT2D eigenvalue weighted by Crippen LogP contribution is 2.34. The van der Waals surface area contributed by atoms with Gasteiger partial charge < -0.3 is 0 Å². The minimum Gasteiger partial charge on any atom is -0.294 e. The number of aromatic nitrogens is 1. The Morgan fingerprint density at radius 1 is 1.22 bits per heavy atom. The SMILES string of the molecule is CS(=O)(=O)c1ccc(/C(=C\C2C[C@@H](F)[C@@H](F)C2)C(=O)Cc2nccs2)cc1. The number of carbonyl (C=O) groups is 1. The number of hydrogen-bond donors (Lipinski definition) is 0. The van der Waals surface area contributed by atoms with E-state index in [2.05, 4.69) is 4.98 Å². The predicted octanol–water partition coefficient (Wildman–Crippen LogP) is 3.83. The van der Waals surface area contributed by atoms with Gasteiger partial charge in [-0.25, -0.2) is 22.2 Å². The van der Waals surface area contributed by atoms with E-state index in [0.717, 1.165) is 6.26 Å². The van der Waals surface area contributed by atoms with Crippen LogP contribution in [0.15, 0.2) is 46.8 Å². The summed E-state index contributed by atoms with van der Waals surface area (Å²) in [5, 5.41) is 2.42. The molecule has 0 aliphatic heterocycles. The minimum absolute atomic E-state index is 0.0383. The molecule has 1 aliphatic carbocycles. The molecule has 3 atom stereocenters. The Hall–Kier alpha value is -1.93. The number of ketones is 1. The van der Waals surface area contributed by atoms with Crippen LogP contribution in [0.4, 0.5) is 8.78 Å². The molecule has 0 radical (unpaired) electrons. The average Bonchev–Trinajstić information content (AvgIpc) is 3.22. The number of nitrogens with zero attached hydrogens (tertiary/aromatic N) is 1. The molecule has 144 valence electrons. The van der Waals surface area contributed by atoms with Crippen molar-refractivity contribution < 1.29 is 22.0 Å². The second-order valence-electron chi connectivity index (χ2n) is 6.67. The van der Waals surface area contributed by atoms with Crippen LogP contribution < -0.4 is 0 Å². The smallest absolute Gasteiger partial charge is 0.175 e. The fourth-order valence-electron chi connectivity index (χ4n) is 3.15. The quantitative estimate of drug-likeness (QED) is 0.678. The molecule has 1 heterocycles. The van der Waals surface area contributed by atoms with Crippen LogP contribution >= 0.6 is 11.3 Å². The van der Waals surface area contributed by atoms with Crippen molar-refractivity contribution in [1.29, 1.82) is 0 Å². The third kappa shape index (κ3) is 4.87. The first-order valence-corrected chi connectivity index (χ1v) is 11.2. The number of allylic oxidation sites excluding steroid dienone is 2. The van der Waals surface area contributed by atoms with Gasteiger partial charge in [0, 0.05) is 23.4 Å². The molecule has 0 saturated heterocycles. The first-order chi connectivity index (χ1) is 12.7. The first kappa shape index (κ1) is 19.8. The fourth-order valence-corrected chi connectivity index (χ4v) is 4.39. The fraction of sp³-hybridized carbons (Fsp3) is 0.368. The summed E-state index contributed by atoms with van der Waals surface area (Å²) in [6.45, 7) is 0. The molecule has 0 bridgehead atoms. The first-order valence-electron chi connectivity index (χ1n) is 8.46. The number of thiazole rings is 1. The van der Waals surface area contributed by atoms with Gasteiger partial charge >= 0.3 is 0 Å². The standard InChI is InChI=1S/C19H19F2NO3S2/c1-27(24,25)14-4-2-13(3-5-14)15(8-12-9-16(20)17(21)10-12)18(23)11-19-22-6-7-26-19/h2-8,12,16-17H,9-11H2,1H3/b15-8+/t12?,16-,17+. The zero-order chi connectivity index (χ0) is 19.6.